The van der Waals surface area contributed by atoms with Crippen molar-refractivity contribution in [1.82, 2.24) is 0 Å². The van der Waals surface area contributed by atoms with E-state index in [-0.39, 0.29) is 0 Å². The van der Waals surface area contributed by atoms with Crippen LogP contribution in [0.2, 0.25) is 0 Å². The summed E-state index contributed by atoms with van der Waals surface area (Å²) < 4.78 is 0. The number of rotatable bonds is 8. The number of aryl methyl sites for hydroxylation is 1. The zero-order valence-electron chi connectivity index (χ0n) is 9.74. The first-order valence-corrected chi connectivity index (χ1v) is 7.20. The average Bonchev–Trinajstić information content (AvgIpc) is 2.29. The maximum atomic E-state index is 2.24. The van der Waals surface area contributed by atoms with E-state index in [0.717, 1.165) is 0 Å². The van der Waals surface area contributed by atoms with Crippen molar-refractivity contribution < 1.29 is 0 Å². The van der Waals surface area contributed by atoms with Gasteiger partial charge in [-0.05, 0) is 36.3 Å². The van der Waals surface area contributed by atoms with Gasteiger partial charge in [-0.3, -0.25) is 0 Å². The molecule has 0 aliphatic rings. The number of unbranched alkanes of at least 4 members (excludes halogenated alkanes) is 3. The highest BCUT2D eigenvalue weighted by Gasteiger charge is 1.93. The van der Waals surface area contributed by atoms with Crippen LogP contribution in [0.5, 0.6) is 0 Å². The van der Waals surface area contributed by atoms with Crippen molar-refractivity contribution >= 4 is 11.8 Å². The molecule has 15 heavy (non-hydrogen) atoms. The van der Waals surface area contributed by atoms with Crippen molar-refractivity contribution in [1.29, 1.82) is 0 Å². The van der Waals surface area contributed by atoms with Crippen LogP contribution in [0.1, 0.15) is 38.2 Å². The molecule has 0 atom stereocenters. The fourth-order valence-corrected chi connectivity index (χ4v) is 2.37. The van der Waals surface area contributed by atoms with Gasteiger partial charge in [0.15, 0.2) is 0 Å². The van der Waals surface area contributed by atoms with Crippen LogP contribution in [0, 0.1) is 0 Å². The highest BCUT2D eigenvalue weighted by Crippen LogP contribution is 2.10. The summed E-state index contributed by atoms with van der Waals surface area (Å²) in [4.78, 5) is 0. The summed E-state index contributed by atoms with van der Waals surface area (Å²) in [6.07, 6.45) is 6.79. The van der Waals surface area contributed by atoms with E-state index in [0.29, 0.717) is 0 Å². The Morgan fingerprint density at radius 2 is 1.67 bits per heavy atom. The number of thioether (sulfide) groups is 1. The molecule has 0 aliphatic carbocycles. The van der Waals surface area contributed by atoms with E-state index in [1.807, 2.05) is 0 Å². The molecule has 1 aromatic rings. The first-order chi connectivity index (χ1) is 7.43. The van der Waals surface area contributed by atoms with Gasteiger partial charge in [-0.25, -0.2) is 0 Å². The van der Waals surface area contributed by atoms with Crippen LogP contribution in [0.25, 0.3) is 0 Å². The normalized spacial score (nSPS) is 10.5. The Balaban J connectivity index is 1.93. The van der Waals surface area contributed by atoms with E-state index in [2.05, 4.69) is 49.0 Å². The zero-order valence-corrected chi connectivity index (χ0v) is 10.6. The summed E-state index contributed by atoms with van der Waals surface area (Å²) >= 11 is 2.06. The van der Waals surface area contributed by atoms with Crippen LogP contribution < -0.4 is 0 Å². The van der Waals surface area contributed by atoms with Crippen molar-refractivity contribution in [3.8, 4) is 0 Å². The second-order valence-corrected chi connectivity index (χ2v) is 5.24. The fourth-order valence-electron chi connectivity index (χ4n) is 1.68. The van der Waals surface area contributed by atoms with Gasteiger partial charge in [-0.1, -0.05) is 50.1 Å². The molecule has 1 aromatic carbocycles. The maximum Gasteiger partial charge on any atom is -0.00676 e. The van der Waals surface area contributed by atoms with Gasteiger partial charge in [-0.15, -0.1) is 0 Å². The zero-order chi connectivity index (χ0) is 10.8. The smallest absolute Gasteiger partial charge is 0.00676 e. The van der Waals surface area contributed by atoms with Gasteiger partial charge in [-0.2, -0.15) is 11.8 Å². The Bertz CT molecular complexity index is 230. The molecule has 0 heterocycles. The van der Waals surface area contributed by atoms with Crippen molar-refractivity contribution in [3.05, 3.63) is 35.9 Å². The van der Waals surface area contributed by atoms with Crippen LogP contribution in [-0.4, -0.2) is 11.5 Å². The van der Waals surface area contributed by atoms with E-state index < -0.39 is 0 Å². The highest BCUT2D eigenvalue weighted by molar-refractivity contribution is 7.99. The van der Waals surface area contributed by atoms with Crippen molar-refractivity contribution in [3.63, 3.8) is 0 Å². The first-order valence-electron chi connectivity index (χ1n) is 6.05. The second-order valence-electron chi connectivity index (χ2n) is 3.85. The summed E-state index contributed by atoms with van der Waals surface area (Å²) in [5, 5.41) is 0. The second kappa shape index (κ2) is 8.84. The van der Waals surface area contributed by atoms with Crippen LogP contribution in [-0.2, 0) is 6.42 Å². The lowest BCUT2D eigenvalue weighted by Crippen LogP contribution is -1.86. The molecule has 0 nitrogen and oxygen atoms in total. The quantitative estimate of drug-likeness (QED) is 0.582. The van der Waals surface area contributed by atoms with E-state index >= 15 is 0 Å². The molecule has 0 N–H and O–H groups in total. The molecule has 0 saturated carbocycles. The van der Waals surface area contributed by atoms with Gasteiger partial charge in [0.2, 0.25) is 0 Å². The minimum Gasteiger partial charge on any atom is -0.162 e. The first kappa shape index (κ1) is 12.6. The molecular weight excluding hydrogens is 200 g/mol. The lowest BCUT2D eigenvalue weighted by atomic mass is 10.1. The van der Waals surface area contributed by atoms with Gasteiger partial charge >= 0.3 is 0 Å². The highest BCUT2D eigenvalue weighted by atomic mass is 32.2. The van der Waals surface area contributed by atoms with Gasteiger partial charge in [0.1, 0.15) is 0 Å². The minimum absolute atomic E-state index is 1.25. The fraction of sp³-hybridized carbons (Fsp3) is 0.571. The van der Waals surface area contributed by atoms with E-state index in [9.17, 15) is 0 Å². The molecule has 0 saturated heterocycles. The van der Waals surface area contributed by atoms with Gasteiger partial charge in [0.05, 0.1) is 0 Å². The van der Waals surface area contributed by atoms with Crippen molar-refractivity contribution in [2.24, 2.45) is 0 Å². The predicted molar refractivity (Wildman–Crippen MR) is 71.6 cm³/mol. The third-order valence-electron chi connectivity index (χ3n) is 2.55. The van der Waals surface area contributed by atoms with E-state index in [4.69, 9.17) is 0 Å². The Morgan fingerprint density at radius 3 is 2.40 bits per heavy atom. The lowest BCUT2D eigenvalue weighted by Gasteiger charge is -2.01. The molecule has 1 rings (SSSR count). The Kier molecular flexibility index (Phi) is 7.45. The molecule has 0 aliphatic heterocycles. The number of hydrogen-bond donors (Lipinski definition) is 0. The summed E-state index contributed by atoms with van der Waals surface area (Å²) in [5.41, 5.74) is 1.49. The standard InChI is InChI=1S/C14H22S/c1-2-15-13-9-4-3-6-10-14-11-7-5-8-12-14/h5,7-8,11-12H,2-4,6,9-10,13H2,1H3. The summed E-state index contributed by atoms with van der Waals surface area (Å²) in [7, 11) is 0. The van der Waals surface area contributed by atoms with Crippen LogP contribution in [0.15, 0.2) is 30.3 Å². The van der Waals surface area contributed by atoms with Gasteiger partial charge in [0, 0.05) is 0 Å². The Hall–Kier alpha value is -0.430. The third-order valence-corrected chi connectivity index (χ3v) is 3.54. The van der Waals surface area contributed by atoms with Gasteiger partial charge < -0.3 is 0 Å². The molecule has 0 radical (unpaired) electrons. The van der Waals surface area contributed by atoms with Crippen molar-refractivity contribution in [2.45, 2.75) is 39.0 Å². The summed E-state index contributed by atoms with van der Waals surface area (Å²) in [6, 6.07) is 10.8. The lowest BCUT2D eigenvalue weighted by molar-refractivity contribution is 0.670. The van der Waals surface area contributed by atoms with Crippen molar-refractivity contribution in [2.75, 3.05) is 11.5 Å². The number of hydrogen-bond acceptors (Lipinski definition) is 1. The molecular formula is C14H22S. The molecule has 0 amide bonds. The minimum atomic E-state index is 1.25. The van der Waals surface area contributed by atoms with Crippen LogP contribution in [0.4, 0.5) is 0 Å². The van der Waals surface area contributed by atoms with Crippen LogP contribution >= 0.6 is 11.8 Å². The average molecular weight is 222 g/mol. The molecule has 1 heteroatoms. The van der Waals surface area contributed by atoms with E-state index in [1.165, 1.54) is 49.2 Å². The van der Waals surface area contributed by atoms with E-state index in [1.54, 1.807) is 0 Å². The summed E-state index contributed by atoms with van der Waals surface area (Å²) in [6.45, 7) is 2.24. The Labute approximate surface area is 98.5 Å². The molecule has 84 valence electrons. The largest absolute Gasteiger partial charge is 0.162 e. The van der Waals surface area contributed by atoms with Gasteiger partial charge in [0.25, 0.3) is 0 Å². The van der Waals surface area contributed by atoms with Crippen LogP contribution in [0.3, 0.4) is 0 Å². The molecule has 0 aromatic heterocycles. The third kappa shape index (κ3) is 6.62. The predicted octanol–water partition coefficient (Wildman–Crippen LogP) is 4.54. The molecule has 0 unspecified atom stereocenters. The monoisotopic (exact) mass is 222 g/mol. The summed E-state index contributed by atoms with van der Waals surface area (Å²) in [5.74, 6) is 2.62. The molecule has 0 bridgehead atoms. The molecule has 0 spiro atoms. The molecule has 0 fully saturated rings. The maximum absolute atomic E-state index is 2.24. The SMILES string of the molecule is CCSCCCCCCc1ccccc1. The Morgan fingerprint density at radius 1 is 0.933 bits per heavy atom. The number of benzene rings is 1. The topological polar surface area (TPSA) is 0 Å².